The average molecular weight is 425 g/mol. The third kappa shape index (κ3) is 4.31. The van der Waals surface area contributed by atoms with E-state index in [2.05, 4.69) is 26.5 Å². The average Bonchev–Trinajstić information content (AvgIpc) is 3.24. The predicted octanol–water partition coefficient (Wildman–Crippen LogP) is 2.47. The molecule has 3 heterocycles. The molecule has 5 rings (SSSR count). The predicted molar refractivity (Wildman–Crippen MR) is 120 cm³/mol. The molecule has 1 saturated carbocycles. The molecule has 0 aromatic carbocycles. The van der Waals surface area contributed by atoms with Crippen LogP contribution in [0.1, 0.15) is 68.7 Å². The van der Waals surface area contributed by atoms with Crippen LogP contribution in [0.25, 0.3) is 0 Å². The van der Waals surface area contributed by atoms with E-state index in [0.717, 1.165) is 75.4 Å². The lowest BCUT2D eigenvalue weighted by molar-refractivity contribution is 0.127. The standard InChI is InChI=1S/C23H32N6O2/c30-20-10-5-9-19(20)29-23(31)12-11-22(27-29)28-13-4-3-7-17(28)15-24-21-14-16-6-1-2-8-18(16)25-26-21/h11-12,14,17,19-20,30H,1-10,13,15H2,(H,24,26). The summed E-state index contributed by atoms with van der Waals surface area (Å²) in [6.07, 6.45) is 9.91. The Kier molecular flexibility index (Phi) is 5.89. The van der Waals surface area contributed by atoms with Crippen molar-refractivity contribution >= 4 is 11.6 Å². The van der Waals surface area contributed by atoms with Crippen LogP contribution >= 0.6 is 0 Å². The second kappa shape index (κ2) is 8.94. The van der Waals surface area contributed by atoms with Gasteiger partial charge in [-0.2, -0.15) is 10.2 Å². The maximum absolute atomic E-state index is 12.4. The molecule has 0 spiro atoms. The summed E-state index contributed by atoms with van der Waals surface area (Å²) in [5, 5.41) is 27.3. The van der Waals surface area contributed by atoms with Crippen LogP contribution in [-0.2, 0) is 12.8 Å². The number of piperidine rings is 1. The van der Waals surface area contributed by atoms with E-state index in [9.17, 15) is 9.90 Å². The molecule has 1 saturated heterocycles. The zero-order valence-corrected chi connectivity index (χ0v) is 18.0. The number of anilines is 2. The van der Waals surface area contributed by atoms with Crippen molar-refractivity contribution in [3.8, 4) is 0 Å². The third-order valence-corrected chi connectivity index (χ3v) is 7.08. The molecular weight excluding hydrogens is 392 g/mol. The van der Waals surface area contributed by atoms with Crippen LogP contribution in [-0.4, -0.2) is 50.3 Å². The van der Waals surface area contributed by atoms with Crippen molar-refractivity contribution < 1.29 is 5.11 Å². The largest absolute Gasteiger partial charge is 0.391 e. The molecule has 2 aromatic rings. The van der Waals surface area contributed by atoms with E-state index in [0.29, 0.717) is 0 Å². The maximum atomic E-state index is 12.4. The summed E-state index contributed by atoms with van der Waals surface area (Å²) in [6, 6.07) is 5.66. The molecule has 2 N–H and O–H groups in total. The first-order valence-electron chi connectivity index (χ1n) is 11.8. The molecule has 3 unspecified atom stereocenters. The van der Waals surface area contributed by atoms with Crippen molar-refractivity contribution in [2.45, 2.75) is 82.4 Å². The number of nitrogens with zero attached hydrogens (tertiary/aromatic N) is 5. The second-order valence-electron chi connectivity index (χ2n) is 9.17. The molecule has 0 bridgehead atoms. The fourth-order valence-electron chi connectivity index (χ4n) is 5.33. The lowest BCUT2D eigenvalue weighted by atomic mass is 9.97. The van der Waals surface area contributed by atoms with E-state index in [1.165, 1.54) is 29.5 Å². The van der Waals surface area contributed by atoms with Crippen LogP contribution in [0.3, 0.4) is 0 Å². The number of aryl methyl sites for hydroxylation is 2. The number of aliphatic hydroxyl groups excluding tert-OH is 1. The minimum Gasteiger partial charge on any atom is -0.391 e. The Bertz CT molecular complexity index is 977. The molecule has 0 radical (unpaired) electrons. The summed E-state index contributed by atoms with van der Waals surface area (Å²) >= 11 is 0. The van der Waals surface area contributed by atoms with Crippen molar-refractivity contribution in [1.82, 2.24) is 20.0 Å². The number of hydrogen-bond donors (Lipinski definition) is 2. The van der Waals surface area contributed by atoms with Crippen LogP contribution in [0.2, 0.25) is 0 Å². The molecule has 3 atom stereocenters. The SMILES string of the molecule is O=c1ccc(N2CCCCC2CNc2cc3c(nn2)CCCC3)nn1C1CCCC1O. The number of aliphatic hydroxyl groups is 1. The van der Waals surface area contributed by atoms with Gasteiger partial charge in [0.1, 0.15) is 11.6 Å². The molecule has 0 amide bonds. The lowest BCUT2D eigenvalue weighted by Gasteiger charge is -2.37. The molecule has 3 aliphatic rings. The Morgan fingerprint density at radius 2 is 1.94 bits per heavy atom. The topological polar surface area (TPSA) is 96.2 Å². The number of hydrogen-bond acceptors (Lipinski definition) is 7. The minimum atomic E-state index is -0.484. The zero-order valence-electron chi connectivity index (χ0n) is 18.0. The zero-order chi connectivity index (χ0) is 21.2. The van der Waals surface area contributed by atoms with Crippen molar-refractivity contribution in [2.24, 2.45) is 0 Å². The maximum Gasteiger partial charge on any atom is 0.267 e. The minimum absolute atomic E-state index is 0.134. The molecule has 31 heavy (non-hydrogen) atoms. The van der Waals surface area contributed by atoms with Crippen LogP contribution < -0.4 is 15.8 Å². The Balaban J connectivity index is 1.32. The van der Waals surface area contributed by atoms with Gasteiger partial charge in [-0.3, -0.25) is 4.79 Å². The Morgan fingerprint density at radius 1 is 1.03 bits per heavy atom. The van der Waals surface area contributed by atoms with Gasteiger partial charge < -0.3 is 15.3 Å². The Hall–Kier alpha value is -2.48. The summed E-state index contributed by atoms with van der Waals surface area (Å²) in [5.74, 6) is 1.67. The van der Waals surface area contributed by atoms with Crippen molar-refractivity contribution in [1.29, 1.82) is 0 Å². The first-order valence-corrected chi connectivity index (χ1v) is 11.8. The number of aromatic nitrogens is 4. The molecule has 8 nitrogen and oxygen atoms in total. The van der Waals surface area contributed by atoms with E-state index in [1.54, 1.807) is 6.07 Å². The molecule has 2 fully saturated rings. The Morgan fingerprint density at radius 3 is 2.81 bits per heavy atom. The second-order valence-corrected chi connectivity index (χ2v) is 9.17. The van der Waals surface area contributed by atoms with Gasteiger partial charge in [0, 0.05) is 25.2 Å². The fourth-order valence-corrected chi connectivity index (χ4v) is 5.33. The van der Waals surface area contributed by atoms with Gasteiger partial charge in [0.05, 0.1) is 17.8 Å². The van der Waals surface area contributed by atoms with Crippen LogP contribution in [0.5, 0.6) is 0 Å². The molecule has 1 aliphatic heterocycles. The van der Waals surface area contributed by atoms with E-state index in [-0.39, 0.29) is 17.6 Å². The van der Waals surface area contributed by atoms with Gasteiger partial charge in [0.2, 0.25) is 0 Å². The smallest absolute Gasteiger partial charge is 0.267 e. The molecule has 8 heteroatoms. The van der Waals surface area contributed by atoms with Crippen LogP contribution in [0, 0.1) is 0 Å². The van der Waals surface area contributed by atoms with Crippen molar-refractivity contribution in [2.75, 3.05) is 23.3 Å². The summed E-state index contributed by atoms with van der Waals surface area (Å²) in [5.41, 5.74) is 2.34. The number of fused-ring (bicyclic) bond motifs is 1. The highest BCUT2D eigenvalue weighted by Crippen LogP contribution is 2.30. The first kappa shape index (κ1) is 20.4. The van der Waals surface area contributed by atoms with E-state index >= 15 is 0 Å². The highest BCUT2D eigenvalue weighted by Gasteiger charge is 2.30. The fraction of sp³-hybridized carbons (Fsp3) is 0.652. The highest BCUT2D eigenvalue weighted by atomic mass is 16.3. The molecule has 2 aliphatic carbocycles. The van der Waals surface area contributed by atoms with Gasteiger partial charge in [-0.05, 0) is 81.9 Å². The molecular formula is C23H32N6O2. The van der Waals surface area contributed by atoms with Crippen LogP contribution in [0.4, 0.5) is 11.6 Å². The first-order chi connectivity index (χ1) is 15.2. The van der Waals surface area contributed by atoms with Crippen molar-refractivity contribution in [3.05, 3.63) is 39.8 Å². The van der Waals surface area contributed by atoms with Gasteiger partial charge in [-0.1, -0.05) is 0 Å². The Labute approximate surface area is 182 Å². The molecule has 166 valence electrons. The highest BCUT2D eigenvalue weighted by molar-refractivity contribution is 5.42. The van der Waals surface area contributed by atoms with E-state index in [4.69, 9.17) is 5.10 Å². The third-order valence-electron chi connectivity index (χ3n) is 7.08. The van der Waals surface area contributed by atoms with Gasteiger partial charge in [0.25, 0.3) is 5.56 Å². The van der Waals surface area contributed by atoms with Crippen molar-refractivity contribution in [3.63, 3.8) is 0 Å². The van der Waals surface area contributed by atoms with Crippen LogP contribution in [0.15, 0.2) is 23.0 Å². The van der Waals surface area contributed by atoms with E-state index in [1.807, 2.05) is 6.07 Å². The van der Waals surface area contributed by atoms with Gasteiger partial charge >= 0.3 is 0 Å². The summed E-state index contributed by atoms with van der Waals surface area (Å²) in [6.45, 7) is 1.68. The van der Waals surface area contributed by atoms with E-state index < -0.39 is 6.10 Å². The summed E-state index contributed by atoms with van der Waals surface area (Å²) in [4.78, 5) is 14.7. The quantitative estimate of drug-likeness (QED) is 0.761. The number of rotatable bonds is 5. The van der Waals surface area contributed by atoms with Gasteiger partial charge in [-0.25, -0.2) is 4.68 Å². The normalized spacial score (nSPS) is 26.0. The lowest BCUT2D eigenvalue weighted by Crippen LogP contribution is -2.45. The monoisotopic (exact) mass is 424 g/mol. The molecule has 2 aromatic heterocycles. The number of nitrogens with one attached hydrogen (secondary N) is 1. The van der Waals surface area contributed by atoms with Gasteiger partial charge in [-0.15, -0.1) is 5.10 Å². The van der Waals surface area contributed by atoms with Gasteiger partial charge in [0.15, 0.2) is 0 Å². The summed E-state index contributed by atoms with van der Waals surface area (Å²) in [7, 11) is 0. The summed E-state index contributed by atoms with van der Waals surface area (Å²) < 4.78 is 1.51.